The highest BCUT2D eigenvalue weighted by Crippen LogP contribution is 2.22. The van der Waals surface area contributed by atoms with Crippen molar-refractivity contribution in [2.45, 2.75) is 25.8 Å². The van der Waals surface area contributed by atoms with E-state index in [4.69, 9.17) is 0 Å². The van der Waals surface area contributed by atoms with Crippen molar-refractivity contribution in [1.29, 1.82) is 0 Å². The molecule has 1 N–H and O–H groups in total. The van der Waals surface area contributed by atoms with E-state index in [1.54, 1.807) is 12.1 Å². The van der Waals surface area contributed by atoms with Crippen molar-refractivity contribution in [3.63, 3.8) is 0 Å². The Kier molecular flexibility index (Phi) is 6.15. The molecular formula is C17H16Br2FNO. The highest BCUT2D eigenvalue weighted by Gasteiger charge is 2.18. The molecule has 0 fully saturated rings. The van der Waals surface area contributed by atoms with Gasteiger partial charge >= 0.3 is 0 Å². The monoisotopic (exact) mass is 427 g/mol. The van der Waals surface area contributed by atoms with Crippen LogP contribution in [0.15, 0.2) is 51.4 Å². The molecule has 1 amide bonds. The second-order valence-electron chi connectivity index (χ2n) is 4.97. The zero-order valence-corrected chi connectivity index (χ0v) is 15.2. The Morgan fingerprint density at radius 2 is 1.77 bits per heavy atom. The topological polar surface area (TPSA) is 29.1 Å². The van der Waals surface area contributed by atoms with Gasteiger partial charge < -0.3 is 5.32 Å². The highest BCUT2D eigenvalue weighted by atomic mass is 79.9. The van der Waals surface area contributed by atoms with E-state index in [9.17, 15) is 9.18 Å². The predicted octanol–water partition coefficient (Wildman–Crippen LogP) is 5.16. The van der Waals surface area contributed by atoms with E-state index in [1.165, 1.54) is 6.07 Å². The predicted molar refractivity (Wildman–Crippen MR) is 93.1 cm³/mol. The number of nitrogens with one attached hydrogen (secondary N) is 1. The molecule has 0 radical (unpaired) electrons. The molecule has 0 saturated heterocycles. The van der Waals surface area contributed by atoms with Crippen LogP contribution in [0.4, 0.5) is 4.39 Å². The third-order valence-electron chi connectivity index (χ3n) is 3.46. The summed E-state index contributed by atoms with van der Waals surface area (Å²) in [5, 5.41) is 2.82. The van der Waals surface area contributed by atoms with Crippen molar-refractivity contribution in [3.8, 4) is 0 Å². The van der Waals surface area contributed by atoms with Crippen LogP contribution >= 0.6 is 31.9 Å². The van der Waals surface area contributed by atoms with Gasteiger partial charge in [-0.1, -0.05) is 50.9 Å². The molecule has 0 aliphatic carbocycles. The number of carbonyl (C=O) groups excluding carboxylic acids is 1. The molecule has 0 aromatic heterocycles. The van der Waals surface area contributed by atoms with E-state index in [1.807, 2.05) is 31.2 Å². The fourth-order valence-electron chi connectivity index (χ4n) is 2.25. The molecule has 5 heteroatoms. The maximum absolute atomic E-state index is 13.7. The van der Waals surface area contributed by atoms with Crippen LogP contribution in [-0.2, 0) is 11.3 Å². The summed E-state index contributed by atoms with van der Waals surface area (Å²) in [4.78, 5) is 12.4. The van der Waals surface area contributed by atoms with Crippen LogP contribution < -0.4 is 5.32 Å². The van der Waals surface area contributed by atoms with Crippen LogP contribution in [0.2, 0.25) is 0 Å². The molecule has 2 rings (SSSR count). The van der Waals surface area contributed by atoms with Crippen LogP contribution in [0.5, 0.6) is 0 Å². The highest BCUT2D eigenvalue weighted by molar-refractivity contribution is 9.10. The lowest BCUT2D eigenvalue weighted by molar-refractivity contribution is -0.122. The first kappa shape index (κ1) is 17.2. The Hall–Kier alpha value is -1.20. The van der Waals surface area contributed by atoms with Gasteiger partial charge in [0, 0.05) is 21.1 Å². The summed E-state index contributed by atoms with van der Waals surface area (Å²) >= 11 is 6.69. The largest absolute Gasteiger partial charge is 0.351 e. The molecule has 0 bridgehead atoms. The minimum atomic E-state index is -0.319. The Labute approximate surface area is 146 Å². The molecule has 116 valence electrons. The number of hydrogen-bond acceptors (Lipinski definition) is 1. The summed E-state index contributed by atoms with van der Waals surface area (Å²) in [6.07, 6.45) is 0.689. The lowest BCUT2D eigenvalue weighted by atomic mass is 9.95. The molecule has 2 aromatic carbocycles. The summed E-state index contributed by atoms with van der Waals surface area (Å²) in [5.74, 6) is -0.646. The normalized spacial score (nSPS) is 12.0. The summed E-state index contributed by atoms with van der Waals surface area (Å²) in [7, 11) is 0. The van der Waals surface area contributed by atoms with Gasteiger partial charge in [-0.3, -0.25) is 4.79 Å². The Morgan fingerprint density at radius 3 is 2.41 bits per heavy atom. The lowest BCUT2D eigenvalue weighted by Gasteiger charge is -2.16. The number of amides is 1. The van der Waals surface area contributed by atoms with E-state index in [0.29, 0.717) is 12.0 Å². The fraction of sp³-hybridized carbons (Fsp3) is 0.235. The standard InChI is InChI=1S/C17H16Br2FNO/c1-2-15(11-3-5-13(18)6-4-11)17(22)21-10-12-9-14(19)7-8-16(12)20/h3-9,15H,2,10H2,1H3,(H,21,22)/t15-/m1/s1. The van der Waals surface area contributed by atoms with E-state index in [0.717, 1.165) is 14.5 Å². The zero-order valence-electron chi connectivity index (χ0n) is 12.1. The first-order chi connectivity index (χ1) is 10.5. The molecule has 0 saturated carbocycles. The van der Waals surface area contributed by atoms with E-state index < -0.39 is 0 Å². The van der Waals surface area contributed by atoms with Crippen molar-refractivity contribution in [3.05, 3.63) is 68.4 Å². The van der Waals surface area contributed by atoms with Crippen molar-refractivity contribution in [1.82, 2.24) is 5.32 Å². The van der Waals surface area contributed by atoms with Gasteiger partial charge in [0.1, 0.15) is 5.82 Å². The van der Waals surface area contributed by atoms with Gasteiger partial charge in [-0.15, -0.1) is 0 Å². The molecule has 0 aliphatic rings. The quantitative estimate of drug-likeness (QED) is 0.699. The van der Waals surface area contributed by atoms with Crippen molar-refractivity contribution in [2.24, 2.45) is 0 Å². The molecule has 0 aliphatic heterocycles. The summed E-state index contributed by atoms with van der Waals surface area (Å²) in [6.45, 7) is 2.14. The summed E-state index contributed by atoms with van der Waals surface area (Å²) in [6, 6.07) is 12.4. The van der Waals surface area contributed by atoms with Crippen LogP contribution in [-0.4, -0.2) is 5.91 Å². The van der Waals surface area contributed by atoms with Crippen molar-refractivity contribution in [2.75, 3.05) is 0 Å². The van der Waals surface area contributed by atoms with Gasteiger partial charge in [-0.25, -0.2) is 4.39 Å². The minimum absolute atomic E-state index is 0.0933. The first-order valence-electron chi connectivity index (χ1n) is 6.98. The van der Waals surface area contributed by atoms with Gasteiger partial charge in [0.15, 0.2) is 0 Å². The van der Waals surface area contributed by atoms with Crippen LogP contribution in [0.1, 0.15) is 30.4 Å². The molecule has 22 heavy (non-hydrogen) atoms. The van der Waals surface area contributed by atoms with Crippen molar-refractivity contribution >= 4 is 37.8 Å². The second kappa shape index (κ2) is 7.88. The maximum atomic E-state index is 13.7. The maximum Gasteiger partial charge on any atom is 0.227 e. The fourth-order valence-corrected chi connectivity index (χ4v) is 2.92. The number of benzene rings is 2. The molecule has 2 nitrogen and oxygen atoms in total. The minimum Gasteiger partial charge on any atom is -0.351 e. The number of rotatable bonds is 5. The van der Waals surface area contributed by atoms with Gasteiger partial charge in [-0.05, 0) is 42.3 Å². The number of carbonyl (C=O) groups is 1. The van der Waals surface area contributed by atoms with Gasteiger partial charge in [-0.2, -0.15) is 0 Å². The number of hydrogen-bond donors (Lipinski definition) is 1. The Balaban J connectivity index is 2.06. The van der Waals surface area contributed by atoms with E-state index in [-0.39, 0.29) is 24.2 Å². The Bertz CT molecular complexity index is 658. The lowest BCUT2D eigenvalue weighted by Crippen LogP contribution is -2.29. The molecule has 0 unspecified atom stereocenters. The molecule has 1 atom stereocenters. The van der Waals surface area contributed by atoms with Crippen LogP contribution in [0.25, 0.3) is 0 Å². The smallest absolute Gasteiger partial charge is 0.227 e. The van der Waals surface area contributed by atoms with Crippen molar-refractivity contribution < 1.29 is 9.18 Å². The summed E-state index contributed by atoms with van der Waals surface area (Å²) < 4.78 is 15.5. The van der Waals surface area contributed by atoms with Gasteiger partial charge in [0.2, 0.25) is 5.91 Å². The number of halogens is 3. The van der Waals surface area contributed by atoms with Crippen LogP contribution in [0, 0.1) is 5.82 Å². The SMILES string of the molecule is CC[C@@H](C(=O)NCc1cc(Br)ccc1F)c1ccc(Br)cc1. The second-order valence-corrected chi connectivity index (χ2v) is 6.80. The first-order valence-corrected chi connectivity index (χ1v) is 8.57. The van der Waals surface area contributed by atoms with E-state index in [2.05, 4.69) is 37.2 Å². The third-order valence-corrected chi connectivity index (χ3v) is 4.48. The molecule has 2 aromatic rings. The Morgan fingerprint density at radius 1 is 1.14 bits per heavy atom. The average molecular weight is 429 g/mol. The van der Waals surface area contributed by atoms with Gasteiger partial charge in [0.25, 0.3) is 0 Å². The average Bonchev–Trinajstić information content (AvgIpc) is 2.51. The van der Waals surface area contributed by atoms with Crippen LogP contribution in [0.3, 0.4) is 0 Å². The van der Waals surface area contributed by atoms with E-state index >= 15 is 0 Å². The summed E-state index contributed by atoms with van der Waals surface area (Å²) in [5.41, 5.74) is 1.42. The molecular weight excluding hydrogens is 413 g/mol. The molecule has 0 heterocycles. The third kappa shape index (κ3) is 4.40. The zero-order chi connectivity index (χ0) is 16.1. The molecule has 0 spiro atoms. The van der Waals surface area contributed by atoms with Gasteiger partial charge in [0.05, 0.1) is 5.92 Å².